The van der Waals surface area contributed by atoms with Crippen LogP contribution in [0.5, 0.6) is 11.5 Å². The van der Waals surface area contributed by atoms with Crippen molar-refractivity contribution in [2.24, 2.45) is 0 Å². The number of aliphatic hydroxyl groups is 1. The summed E-state index contributed by atoms with van der Waals surface area (Å²) in [6.45, 7) is 3.94. The lowest BCUT2D eigenvalue weighted by atomic mass is 9.98. The quantitative estimate of drug-likeness (QED) is 0.421. The van der Waals surface area contributed by atoms with Gasteiger partial charge < -0.3 is 19.0 Å². The van der Waals surface area contributed by atoms with Crippen LogP contribution in [-0.4, -0.2) is 37.4 Å². The van der Waals surface area contributed by atoms with Gasteiger partial charge in [0.2, 0.25) is 0 Å². The summed E-state index contributed by atoms with van der Waals surface area (Å²) in [6, 6.07) is 12.5. The van der Waals surface area contributed by atoms with Crippen LogP contribution >= 0.6 is 0 Å². The Kier molecular flexibility index (Phi) is 6.56. The van der Waals surface area contributed by atoms with E-state index in [1.54, 1.807) is 50.6 Å². The van der Waals surface area contributed by atoms with E-state index in [9.17, 15) is 9.90 Å². The van der Waals surface area contributed by atoms with Gasteiger partial charge in [-0.3, -0.25) is 10.1 Å². The van der Waals surface area contributed by atoms with Crippen molar-refractivity contribution in [3.63, 3.8) is 0 Å². The molecule has 6 nitrogen and oxygen atoms in total. The molecule has 1 atom stereocenters. The topological polar surface area (TPSA) is 80.9 Å². The van der Waals surface area contributed by atoms with Crippen molar-refractivity contribution in [1.82, 2.24) is 5.32 Å². The number of furan rings is 1. The molecule has 1 heterocycles. The third kappa shape index (κ3) is 4.78. The third-order valence-corrected chi connectivity index (χ3v) is 4.72. The number of hydrogen-bond donors (Lipinski definition) is 2. The van der Waals surface area contributed by atoms with Crippen LogP contribution in [-0.2, 0) is 6.42 Å². The number of ketones is 1. The highest BCUT2D eigenvalue weighted by Crippen LogP contribution is 2.32. The molecule has 1 unspecified atom stereocenters. The van der Waals surface area contributed by atoms with Gasteiger partial charge in [-0.05, 0) is 62.7 Å². The SMILES string of the molecule is COc1ccc(C(=O)c2c(CCC(O)NC(C)C)oc3ccc(OC)cc23)cc1. The Hall–Kier alpha value is -2.83. The maximum absolute atomic E-state index is 13.3. The van der Waals surface area contributed by atoms with Gasteiger partial charge >= 0.3 is 0 Å². The average Bonchev–Trinajstić information content (AvgIpc) is 3.08. The lowest BCUT2D eigenvalue weighted by Crippen LogP contribution is -2.34. The molecule has 0 radical (unpaired) electrons. The molecule has 0 aliphatic rings. The molecular weight excluding hydrogens is 370 g/mol. The lowest BCUT2D eigenvalue weighted by molar-refractivity contribution is 0.103. The van der Waals surface area contributed by atoms with Crippen LogP contribution in [0.15, 0.2) is 46.9 Å². The van der Waals surface area contributed by atoms with Gasteiger partial charge in [0.05, 0.1) is 19.8 Å². The van der Waals surface area contributed by atoms with Gasteiger partial charge in [-0.25, -0.2) is 0 Å². The van der Waals surface area contributed by atoms with E-state index in [2.05, 4.69) is 5.32 Å². The average molecular weight is 397 g/mol. The number of aryl methyl sites for hydroxylation is 1. The molecule has 0 aliphatic carbocycles. The highest BCUT2D eigenvalue weighted by Gasteiger charge is 2.23. The second kappa shape index (κ2) is 9.11. The van der Waals surface area contributed by atoms with E-state index in [4.69, 9.17) is 13.9 Å². The fourth-order valence-corrected chi connectivity index (χ4v) is 3.30. The van der Waals surface area contributed by atoms with E-state index in [0.29, 0.717) is 52.2 Å². The number of benzene rings is 2. The van der Waals surface area contributed by atoms with E-state index >= 15 is 0 Å². The predicted molar refractivity (Wildman–Crippen MR) is 112 cm³/mol. The largest absolute Gasteiger partial charge is 0.497 e. The highest BCUT2D eigenvalue weighted by molar-refractivity contribution is 6.17. The predicted octanol–water partition coefficient (Wildman–Crippen LogP) is 3.93. The van der Waals surface area contributed by atoms with Crippen LogP contribution in [0.2, 0.25) is 0 Å². The van der Waals surface area contributed by atoms with Crippen LogP contribution in [0, 0.1) is 0 Å². The van der Waals surface area contributed by atoms with Gasteiger partial charge in [0, 0.05) is 23.4 Å². The molecule has 0 aliphatic heterocycles. The minimum Gasteiger partial charge on any atom is -0.497 e. The van der Waals surface area contributed by atoms with Crippen molar-refractivity contribution in [2.45, 2.75) is 39.0 Å². The molecule has 0 amide bonds. The molecule has 3 aromatic rings. The number of methoxy groups -OCH3 is 2. The second-order valence-corrected chi connectivity index (χ2v) is 7.20. The number of fused-ring (bicyclic) bond motifs is 1. The van der Waals surface area contributed by atoms with Gasteiger partial charge in [0.15, 0.2) is 5.78 Å². The molecule has 29 heavy (non-hydrogen) atoms. The van der Waals surface area contributed by atoms with Gasteiger partial charge in [0.1, 0.15) is 29.1 Å². The lowest BCUT2D eigenvalue weighted by Gasteiger charge is -2.15. The van der Waals surface area contributed by atoms with Crippen LogP contribution in [0.4, 0.5) is 0 Å². The molecule has 0 fully saturated rings. The van der Waals surface area contributed by atoms with Crippen molar-refractivity contribution in [3.05, 3.63) is 59.4 Å². The summed E-state index contributed by atoms with van der Waals surface area (Å²) < 4.78 is 16.5. The summed E-state index contributed by atoms with van der Waals surface area (Å²) in [5.74, 6) is 1.75. The van der Waals surface area contributed by atoms with Gasteiger partial charge in [-0.15, -0.1) is 0 Å². The first kappa shape index (κ1) is 20.9. The number of aliphatic hydroxyl groups excluding tert-OH is 1. The minimum absolute atomic E-state index is 0.138. The van der Waals surface area contributed by atoms with Crippen molar-refractivity contribution in [1.29, 1.82) is 0 Å². The van der Waals surface area contributed by atoms with Crippen LogP contribution in [0.1, 0.15) is 41.9 Å². The highest BCUT2D eigenvalue weighted by atomic mass is 16.5. The minimum atomic E-state index is -0.679. The Bertz CT molecular complexity index is 975. The third-order valence-electron chi connectivity index (χ3n) is 4.72. The molecule has 0 bridgehead atoms. The number of nitrogens with one attached hydrogen (secondary N) is 1. The fourth-order valence-electron chi connectivity index (χ4n) is 3.30. The number of carbonyl (C=O) groups excluding carboxylic acids is 1. The molecule has 0 saturated carbocycles. The summed E-state index contributed by atoms with van der Waals surface area (Å²) in [7, 11) is 3.17. The first-order valence-corrected chi connectivity index (χ1v) is 9.65. The Morgan fingerprint density at radius 3 is 2.34 bits per heavy atom. The molecule has 3 rings (SSSR count). The van der Waals surface area contributed by atoms with Crippen molar-refractivity contribution < 1.29 is 23.8 Å². The number of rotatable bonds is 9. The standard InChI is InChI=1S/C23H27NO5/c1-14(2)24-21(25)12-11-20-22(18-13-17(28-4)9-10-19(18)29-20)23(26)15-5-7-16(27-3)8-6-15/h5-10,13-14,21,24-25H,11-12H2,1-4H3. The van der Waals surface area contributed by atoms with Crippen molar-refractivity contribution in [2.75, 3.05) is 14.2 Å². The van der Waals surface area contributed by atoms with Gasteiger partial charge in [-0.1, -0.05) is 0 Å². The zero-order valence-corrected chi connectivity index (χ0v) is 17.2. The second-order valence-electron chi connectivity index (χ2n) is 7.20. The van der Waals surface area contributed by atoms with Gasteiger partial charge in [0.25, 0.3) is 0 Å². The molecule has 0 spiro atoms. The number of ether oxygens (including phenoxy) is 2. The van der Waals surface area contributed by atoms with Crippen molar-refractivity contribution >= 4 is 16.8 Å². The summed E-state index contributed by atoms with van der Waals surface area (Å²) >= 11 is 0. The first-order chi connectivity index (χ1) is 13.9. The molecular formula is C23H27NO5. The van der Waals surface area contributed by atoms with E-state index in [1.807, 2.05) is 19.9 Å². The zero-order chi connectivity index (χ0) is 21.0. The maximum Gasteiger partial charge on any atom is 0.197 e. The molecule has 2 aromatic carbocycles. The van der Waals surface area contributed by atoms with E-state index < -0.39 is 6.23 Å². The summed E-state index contributed by atoms with van der Waals surface area (Å²) in [5, 5.41) is 13.9. The maximum atomic E-state index is 13.3. The Balaban J connectivity index is 1.99. The van der Waals surface area contributed by atoms with E-state index in [-0.39, 0.29) is 11.8 Å². The Labute approximate surface area is 170 Å². The van der Waals surface area contributed by atoms with E-state index in [1.165, 1.54) is 0 Å². The van der Waals surface area contributed by atoms with Crippen LogP contribution in [0.25, 0.3) is 11.0 Å². The zero-order valence-electron chi connectivity index (χ0n) is 17.2. The molecule has 6 heteroatoms. The molecule has 2 N–H and O–H groups in total. The molecule has 154 valence electrons. The first-order valence-electron chi connectivity index (χ1n) is 9.65. The monoisotopic (exact) mass is 397 g/mol. The van der Waals surface area contributed by atoms with Crippen molar-refractivity contribution in [3.8, 4) is 11.5 Å². The molecule has 1 aromatic heterocycles. The summed E-state index contributed by atoms with van der Waals surface area (Å²) in [4.78, 5) is 13.3. The Morgan fingerprint density at radius 1 is 1.07 bits per heavy atom. The molecule has 0 saturated heterocycles. The summed E-state index contributed by atoms with van der Waals surface area (Å²) in [6.07, 6.45) is 0.175. The Morgan fingerprint density at radius 2 is 1.72 bits per heavy atom. The smallest absolute Gasteiger partial charge is 0.197 e. The fraction of sp³-hybridized carbons (Fsp3) is 0.348. The number of hydrogen-bond acceptors (Lipinski definition) is 6. The summed E-state index contributed by atoms with van der Waals surface area (Å²) in [5.41, 5.74) is 1.66. The van der Waals surface area contributed by atoms with Crippen LogP contribution < -0.4 is 14.8 Å². The number of carbonyl (C=O) groups is 1. The van der Waals surface area contributed by atoms with Crippen LogP contribution in [0.3, 0.4) is 0 Å². The van der Waals surface area contributed by atoms with E-state index in [0.717, 1.165) is 0 Å². The normalized spacial score (nSPS) is 12.3. The van der Waals surface area contributed by atoms with Gasteiger partial charge in [-0.2, -0.15) is 0 Å².